The van der Waals surface area contributed by atoms with Gasteiger partial charge in [-0.15, -0.1) is 0 Å². The molecule has 0 amide bonds. The average molecular weight is 382 g/mol. The number of hydrogen-bond donors (Lipinski definition) is 3. The topological polar surface area (TPSA) is 101 Å². The van der Waals surface area contributed by atoms with Gasteiger partial charge < -0.3 is 35.7 Å². The SMILES string of the molecule is C=C(NCCCOCCOCCOCCCN)c1ccc(C(N)OC)cc1. The van der Waals surface area contributed by atoms with Crippen LogP contribution in [0, 0.1) is 0 Å². The molecule has 1 rings (SSSR count). The van der Waals surface area contributed by atoms with E-state index in [0.717, 1.165) is 36.2 Å². The van der Waals surface area contributed by atoms with E-state index >= 15 is 0 Å². The fraction of sp³-hybridized carbons (Fsp3) is 0.600. The van der Waals surface area contributed by atoms with Gasteiger partial charge in [0.25, 0.3) is 0 Å². The van der Waals surface area contributed by atoms with Gasteiger partial charge in [0.2, 0.25) is 0 Å². The Bertz CT molecular complexity index is 497. The molecule has 0 fully saturated rings. The molecule has 0 heterocycles. The first-order chi connectivity index (χ1) is 13.2. The lowest BCUT2D eigenvalue weighted by atomic mass is 10.1. The van der Waals surface area contributed by atoms with E-state index in [1.165, 1.54) is 0 Å². The van der Waals surface area contributed by atoms with E-state index in [4.69, 9.17) is 30.4 Å². The lowest BCUT2D eigenvalue weighted by molar-refractivity contribution is 0.0142. The van der Waals surface area contributed by atoms with Gasteiger partial charge in [-0.1, -0.05) is 30.8 Å². The number of hydrogen-bond acceptors (Lipinski definition) is 7. The molecule has 0 radical (unpaired) electrons. The van der Waals surface area contributed by atoms with Gasteiger partial charge in [-0.2, -0.15) is 0 Å². The van der Waals surface area contributed by atoms with Crippen LogP contribution in [0.4, 0.5) is 0 Å². The Hall–Kier alpha value is -1.48. The normalized spacial score (nSPS) is 12.1. The molecule has 27 heavy (non-hydrogen) atoms. The molecule has 1 aromatic rings. The fourth-order valence-corrected chi connectivity index (χ4v) is 2.25. The van der Waals surface area contributed by atoms with Crippen molar-refractivity contribution in [3.8, 4) is 0 Å². The summed E-state index contributed by atoms with van der Waals surface area (Å²) < 4.78 is 21.4. The molecule has 154 valence electrons. The Morgan fingerprint density at radius 1 is 0.963 bits per heavy atom. The zero-order valence-electron chi connectivity index (χ0n) is 16.5. The van der Waals surface area contributed by atoms with Crippen LogP contribution in [-0.2, 0) is 18.9 Å². The second kappa shape index (κ2) is 15.6. The smallest absolute Gasteiger partial charge is 0.131 e. The number of nitrogens with one attached hydrogen (secondary N) is 1. The first-order valence-corrected chi connectivity index (χ1v) is 9.43. The number of methoxy groups -OCH3 is 1. The van der Waals surface area contributed by atoms with Crippen molar-refractivity contribution in [2.45, 2.75) is 19.1 Å². The van der Waals surface area contributed by atoms with Crippen molar-refractivity contribution in [1.29, 1.82) is 0 Å². The number of rotatable bonds is 17. The molecule has 1 aromatic carbocycles. The maximum atomic E-state index is 5.82. The predicted octanol–water partition coefficient (Wildman–Crippen LogP) is 1.64. The highest BCUT2D eigenvalue weighted by molar-refractivity contribution is 5.61. The lowest BCUT2D eigenvalue weighted by Gasteiger charge is -2.13. The van der Waals surface area contributed by atoms with Crippen molar-refractivity contribution in [3.05, 3.63) is 42.0 Å². The van der Waals surface area contributed by atoms with Crippen LogP contribution in [0.1, 0.15) is 30.2 Å². The summed E-state index contributed by atoms with van der Waals surface area (Å²) in [7, 11) is 1.59. The highest BCUT2D eigenvalue weighted by Crippen LogP contribution is 2.15. The van der Waals surface area contributed by atoms with Crippen LogP contribution in [0.5, 0.6) is 0 Å². The van der Waals surface area contributed by atoms with Gasteiger partial charge in [0.15, 0.2) is 0 Å². The predicted molar refractivity (Wildman–Crippen MR) is 108 cm³/mol. The molecule has 0 aliphatic carbocycles. The molecule has 1 unspecified atom stereocenters. The molecule has 1 atom stereocenters. The van der Waals surface area contributed by atoms with Crippen LogP contribution in [0.25, 0.3) is 5.70 Å². The van der Waals surface area contributed by atoms with Gasteiger partial charge >= 0.3 is 0 Å². The highest BCUT2D eigenvalue weighted by atomic mass is 16.5. The van der Waals surface area contributed by atoms with Gasteiger partial charge in [-0.05, 0) is 30.5 Å². The van der Waals surface area contributed by atoms with Crippen molar-refractivity contribution < 1.29 is 18.9 Å². The first-order valence-electron chi connectivity index (χ1n) is 9.43. The van der Waals surface area contributed by atoms with Gasteiger partial charge in [-0.3, -0.25) is 0 Å². The minimum atomic E-state index is -0.398. The minimum absolute atomic E-state index is 0.398. The molecule has 0 aliphatic heterocycles. The summed E-state index contributed by atoms with van der Waals surface area (Å²) in [5, 5.41) is 3.30. The zero-order valence-corrected chi connectivity index (χ0v) is 16.5. The molecule has 0 bridgehead atoms. The van der Waals surface area contributed by atoms with Crippen LogP contribution in [0.15, 0.2) is 30.8 Å². The van der Waals surface area contributed by atoms with E-state index < -0.39 is 6.23 Å². The summed E-state index contributed by atoms with van der Waals surface area (Å²) in [6.45, 7) is 9.25. The van der Waals surface area contributed by atoms with Crippen LogP contribution < -0.4 is 16.8 Å². The number of ether oxygens (including phenoxy) is 4. The average Bonchev–Trinajstić information content (AvgIpc) is 2.70. The largest absolute Gasteiger partial charge is 0.385 e. The molecule has 5 N–H and O–H groups in total. The summed E-state index contributed by atoms with van der Waals surface area (Å²) in [5.41, 5.74) is 14.0. The third-order valence-corrected chi connectivity index (χ3v) is 3.88. The number of nitrogens with two attached hydrogens (primary N) is 2. The molecular weight excluding hydrogens is 346 g/mol. The van der Waals surface area contributed by atoms with Gasteiger partial charge in [0, 0.05) is 32.6 Å². The van der Waals surface area contributed by atoms with E-state index in [9.17, 15) is 0 Å². The monoisotopic (exact) mass is 381 g/mol. The Balaban J connectivity index is 1.98. The van der Waals surface area contributed by atoms with Crippen LogP contribution in [0.2, 0.25) is 0 Å². The third kappa shape index (κ3) is 11.1. The molecule has 7 heteroatoms. The Morgan fingerprint density at radius 3 is 2.07 bits per heavy atom. The van der Waals surface area contributed by atoms with E-state index in [0.29, 0.717) is 46.2 Å². The van der Waals surface area contributed by atoms with Crippen molar-refractivity contribution >= 4 is 5.70 Å². The molecule has 0 spiro atoms. The van der Waals surface area contributed by atoms with Gasteiger partial charge in [0.05, 0.1) is 26.4 Å². The summed E-state index contributed by atoms with van der Waals surface area (Å²) in [6, 6.07) is 7.86. The van der Waals surface area contributed by atoms with Crippen LogP contribution in [0.3, 0.4) is 0 Å². The maximum absolute atomic E-state index is 5.82. The van der Waals surface area contributed by atoms with Crippen LogP contribution >= 0.6 is 0 Å². The Kier molecular flexibility index (Phi) is 13.6. The Labute approximate surface area is 163 Å². The summed E-state index contributed by atoms with van der Waals surface area (Å²) in [6.07, 6.45) is 1.38. The van der Waals surface area contributed by atoms with Crippen molar-refractivity contribution in [1.82, 2.24) is 5.32 Å². The quantitative estimate of drug-likeness (QED) is 0.278. The van der Waals surface area contributed by atoms with E-state index in [1.807, 2.05) is 24.3 Å². The molecule has 0 saturated heterocycles. The fourth-order valence-electron chi connectivity index (χ4n) is 2.25. The number of benzene rings is 1. The standard InChI is InChI=1S/C20H35N3O4/c1-17(18-5-7-19(8-6-18)20(22)24-2)23-10-4-12-26-14-16-27-15-13-25-11-3-9-21/h5-8,20,23H,1,3-4,9-16,21-22H2,2H3. The van der Waals surface area contributed by atoms with E-state index in [1.54, 1.807) is 7.11 Å². The van der Waals surface area contributed by atoms with Crippen molar-refractivity contribution in [3.63, 3.8) is 0 Å². The zero-order chi connectivity index (χ0) is 19.7. The molecular formula is C20H35N3O4. The summed E-state index contributed by atoms with van der Waals surface area (Å²) >= 11 is 0. The second-order valence-electron chi connectivity index (χ2n) is 6.02. The van der Waals surface area contributed by atoms with E-state index in [-0.39, 0.29) is 0 Å². The van der Waals surface area contributed by atoms with Crippen molar-refractivity contribution in [2.24, 2.45) is 11.5 Å². The molecule has 0 aromatic heterocycles. The molecule has 0 saturated carbocycles. The second-order valence-corrected chi connectivity index (χ2v) is 6.02. The minimum Gasteiger partial charge on any atom is -0.385 e. The lowest BCUT2D eigenvalue weighted by Crippen LogP contribution is -2.16. The maximum Gasteiger partial charge on any atom is 0.131 e. The molecule has 7 nitrogen and oxygen atoms in total. The summed E-state index contributed by atoms with van der Waals surface area (Å²) in [4.78, 5) is 0. The highest BCUT2D eigenvalue weighted by Gasteiger charge is 2.04. The van der Waals surface area contributed by atoms with Gasteiger partial charge in [-0.25, -0.2) is 0 Å². The van der Waals surface area contributed by atoms with Crippen molar-refractivity contribution in [2.75, 3.05) is 59.8 Å². The third-order valence-electron chi connectivity index (χ3n) is 3.88. The Morgan fingerprint density at radius 2 is 1.52 bits per heavy atom. The van der Waals surface area contributed by atoms with Gasteiger partial charge in [0.1, 0.15) is 6.23 Å². The van der Waals surface area contributed by atoms with E-state index in [2.05, 4.69) is 11.9 Å². The first kappa shape index (κ1) is 23.6. The van der Waals surface area contributed by atoms with Crippen LogP contribution in [-0.4, -0.2) is 59.8 Å². The summed E-state index contributed by atoms with van der Waals surface area (Å²) in [5.74, 6) is 0. The molecule has 0 aliphatic rings.